The van der Waals surface area contributed by atoms with Crippen LogP contribution in [0.25, 0.3) is 22.2 Å². The lowest BCUT2D eigenvalue weighted by Crippen LogP contribution is -2.22. The van der Waals surface area contributed by atoms with Gasteiger partial charge in [-0.1, -0.05) is 18.2 Å². The van der Waals surface area contributed by atoms with E-state index in [-0.39, 0.29) is 0 Å². The molecule has 0 saturated carbocycles. The zero-order chi connectivity index (χ0) is 25.2. The van der Waals surface area contributed by atoms with E-state index < -0.39 is 18.6 Å². The molecule has 1 aliphatic rings. The van der Waals surface area contributed by atoms with Gasteiger partial charge in [-0.05, 0) is 57.4 Å². The Morgan fingerprint density at radius 3 is 2.81 bits per heavy atom. The molecule has 0 amide bonds. The third kappa shape index (κ3) is 4.62. The number of aliphatic hydroxyl groups excluding tert-OH is 1. The summed E-state index contributed by atoms with van der Waals surface area (Å²) in [6.07, 6.45) is 1.34. The quantitative estimate of drug-likeness (QED) is 0.296. The van der Waals surface area contributed by atoms with Gasteiger partial charge in [-0.25, -0.2) is 9.78 Å². The molecule has 11 heteroatoms. The number of nitrogens with one attached hydrogen (secondary N) is 1. The van der Waals surface area contributed by atoms with Crippen LogP contribution < -0.4 is 14.8 Å². The number of aliphatic hydroxyl groups is 1. The van der Waals surface area contributed by atoms with Crippen molar-refractivity contribution in [2.75, 3.05) is 25.1 Å². The SMILES string of the molecule is Cn1nc(Nc2cccc(-c3ccc4c(c3)OCCO4)c2Br)c2nc(C=N[C@@H](CO)C(=O)O)ccc21. The number of carbonyl (C=O) groups is 1. The third-order valence-electron chi connectivity index (χ3n) is 5.67. The van der Waals surface area contributed by atoms with Crippen LogP contribution in [0, 0.1) is 0 Å². The summed E-state index contributed by atoms with van der Waals surface area (Å²) in [5, 5.41) is 26.2. The summed E-state index contributed by atoms with van der Waals surface area (Å²) in [6, 6.07) is 14.0. The molecule has 4 aromatic rings. The number of benzene rings is 2. The highest BCUT2D eigenvalue weighted by Gasteiger charge is 2.17. The minimum atomic E-state index is -1.24. The van der Waals surface area contributed by atoms with Crippen LogP contribution in [0.4, 0.5) is 11.5 Å². The number of aliphatic imine (C=N–C) groups is 1. The lowest BCUT2D eigenvalue weighted by molar-refractivity contribution is -0.139. The molecule has 2 aromatic carbocycles. The highest BCUT2D eigenvalue weighted by atomic mass is 79.9. The Balaban J connectivity index is 1.47. The van der Waals surface area contributed by atoms with E-state index in [2.05, 4.69) is 36.3 Å². The number of carboxylic acids is 1. The summed E-state index contributed by atoms with van der Waals surface area (Å²) in [5.74, 6) is 0.764. The number of pyridine rings is 1. The molecule has 0 aliphatic carbocycles. The molecule has 3 heterocycles. The normalized spacial score (nSPS) is 13.8. The van der Waals surface area contributed by atoms with E-state index in [1.165, 1.54) is 6.21 Å². The Bertz CT molecular complexity index is 1490. The molecule has 10 nitrogen and oxygen atoms in total. The van der Waals surface area contributed by atoms with Gasteiger partial charge in [-0.15, -0.1) is 0 Å². The maximum absolute atomic E-state index is 11.1. The van der Waals surface area contributed by atoms with Crippen molar-refractivity contribution in [2.24, 2.45) is 12.0 Å². The van der Waals surface area contributed by atoms with Crippen LogP contribution >= 0.6 is 15.9 Å². The van der Waals surface area contributed by atoms with Gasteiger partial charge in [0.2, 0.25) is 0 Å². The maximum atomic E-state index is 11.1. The number of rotatable bonds is 7. The van der Waals surface area contributed by atoms with Gasteiger partial charge in [-0.2, -0.15) is 5.10 Å². The van der Waals surface area contributed by atoms with Crippen LogP contribution in [0.3, 0.4) is 0 Å². The zero-order valence-electron chi connectivity index (χ0n) is 19.2. The second kappa shape index (κ2) is 9.96. The summed E-state index contributed by atoms with van der Waals surface area (Å²) >= 11 is 3.73. The van der Waals surface area contributed by atoms with Gasteiger partial charge in [0.05, 0.1) is 23.5 Å². The smallest absolute Gasteiger partial charge is 0.330 e. The molecule has 0 spiro atoms. The van der Waals surface area contributed by atoms with Crippen molar-refractivity contribution < 1.29 is 24.5 Å². The number of hydrogen-bond acceptors (Lipinski definition) is 8. The van der Waals surface area contributed by atoms with Crippen molar-refractivity contribution in [3.8, 4) is 22.6 Å². The fourth-order valence-corrected chi connectivity index (χ4v) is 4.45. The van der Waals surface area contributed by atoms with E-state index in [9.17, 15) is 9.90 Å². The molecule has 3 N–H and O–H groups in total. The average molecular weight is 552 g/mol. The van der Waals surface area contributed by atoms with Crippen LogP contribution in [0.5, 0.6) is 11.5 Å². The van der Waals surface area contributed by atoms with E-state index in [1.54, 1.807) is 10.7 Å². The average Bonchev–Trinajstić information content (AvgIpc) is 3.19. The molecule has 5 rings (SSSR count). The lowest BCUT2D eigenvalue weighted by Gasteiger charge is -2.19. The molecule has 0 radical (unpaired) electrons. The van der Waals surface area contributed by atoms with Crippen LogP contribution in [0.2, 0.25) is 0 Å². The number of aromatic nitrogens is 3. The van der Waals surface area contributed by atoms with Crippen LogP contribution in [-0.2, 0) is 11.8 Å². The van der Waals surface area contributed by atoms with Gasteiger partial charge in [0.1, 0.15) is 18.7 Å². The topological polar surface area (TPSA) is 131 Å². The summed E-state index contributed by atoms with van der Waals surface area (Å²) < 4.78 is 13.9. The number of carboxylic acid groups (broad SMARTS) is 1. The fourth-order valence-electron chi connectivity index (χ4n) is 3.85. The summed E-state index contributed by atoms with van der Waals surface area (Å²) in [7, 11) is 1.82. The number of anilines is 2. The van der Waals surface area contributed by atoms with E-state index in [0.717, 1.165) is 32.6 Å². The van der Waals surface area contributed by atoms with Crippen molar-refractivity contribution in [1.82, 2.24) is 14.8 Å². The number of aliphatic carboxylic acids is 1. The van der Waals surface area contributed by atoms with Gasteiger partial charge >= 0.3 is 5.97 Å². The predicted octanol–water partition coefficient (Wildman–Crippen LogP) is 3.78. The molecule has 184 valence electrons. The summed E-state index contributed by atoms with van der Waals surface area (Å²) in [4.78, 5) is 19.6. The monoisotopic (exact) mass is 551 g/mol. The Labute approximate surface area is 214 Å². The number of halogens is 1. The van der Waals surface area contributed by atoms with Crippen LogP contribution in [0.15, 0.2) is 58.0 Å². The Hall–Kier alpha value is -3.96. The summed E-state index contributed by atoms with van der Waals surface area (Å²) in [6.45, 7) is 0.459. The molecule has 0 unspecified atom stereocenters. The predicted molar refractivity (Wildman–Crippen MR) is 138 cm³/mol. The minimum absolute atomic E-state index is 0.447. The van der Waals surface area contributed by atoms with Crippen molar-refractivity contribution >= 4 is 50.7 Å². The largest absolute Gasteiger partial charge is 0.486 e. The summed E-state index contributed by atoms with van der Waals surface area (Å²) in [5.41, 5.74) is 4.53. The first kappa shape index (κ1) is 23.8. The van der Waals surface area contributed by atoms with Crippen molar-refractivity contribution in [3.63, 3.8) is 0 Å². The fraction of sp³-hybridized carbons (Fsp3) is 0.200. The first-order valence-electron chi connectivity index (χ1n) is 11.1. The molecule has 2 aromatic heterocycles. The second-order valence-corrected chi connectivity index (χ2v) is 8.83. The van der Waals surface area contributed by atoms with E-state index in [0.29, 0.717) is 36.0 Å². The number of hydrogen-bond donors (Lipinski definition) is 3. The van der Waals surface area contributed by atoms with Gasteiger partial charge in [-0.3, -0.25) is 9.67 Å². The van der Waals surface area contributed by atoms with Gasteiger partial charge in [0.25, 0.3) is 0 Å². The molecule has 0 bridgehead atoms. The second-order valence-electron chi connectivity index (χ2n) is 8.04. The Morgan fingerprint density at radius 1 is 1.22 bits per heavy atom. The number of fused-ring (bicyclic) bond motifs is 2. The minimum Gasteiger partial charge on any atom is -0.486 e. The maximum Gasteiger partial charge on any atom is 0.330 e. The number of ether oxygens (including phenoxy) is 2. The van der Waals surface area contributed by atoms with Gasteiger partial charge < -0.3 is 25.0 Å². The lowest BCUT2D eigenvalue weighted by atomic mass is 10.0. The van der Waals surface area contributed by atoms with Crippen LogP contribution in [-0.4, -0.2) is 63.0 Å². The Kier molecular flexibility index (Phi) is 6.57. The molecular weight excluding hydrogens is 530 g/mol. The zero-order valence-corrected chi connectivity index (χ0v) is 20.8. The standard InChI is InChI=1S/C25H22BrN5O5/c1-31-19-7-6-15(12-27-18(13-32)25(33)34)28-23(19)24(30-31)29-17-4-2-3-16(22(17)26)14-5-8-20-21(11-14)36-10-9-35-20/h2-8,11-12,18,32H,9-10,13H2,1H3,(H,29,30)(H,33,34)/t18-/m0/s1. The molecular formula is C25H22BrN5O5. The molecule has 0 saturated heterocycles. The van der Waals surface area contributed by atoms with E-state index >= 15 is 0 Å². The van der Waals surface area contributed by atoms with Crippen molar-refractivity contribution in [2.45, 2.75) is 6.04 Å². The molecule has 0 fully saturated rings. The first-order chi connectivity index (χ1) is 17.4. The third-order valence-corrected chi connectivity index (χ3v) is 6.52. The molecule has 36 heavy (non-hydrogen) atoms. The number of nitrogens with zero attached hydrogens (tertiary/aromatic N) is 4. The van der Waals surface area contributed by atoms with E-state index in [1.807, 2.05) is 49.5 Å². The highest BCUT2D eigenvalue weighted by molar-refractivity contribution is 9.10. The van der Waals surface area contributed by atoms with Gasteiger partial charge in [0, 0.05) is 17.7 Å². The number of aryl methyl sites for hydroxylation is 1. The van der Waals surface area contributed by atoms with Crippen molar-refractivity contribution in [3.05, 3.63) is 58.7 Å². The van der Waals surface area contributed by atoms with E-state index in [4.69, 9.17) is 14.6 Å². The van der Waals surface area contributed by atoms with Crippen molar-refractivity contribution in [1.29, 1.82) is 0 Å². The Morgan fingerprint density at radius 2 is 2.03 bits per heavy atom. The van der Waals surface area contributed by atoms with Crippen LogP contribution in [0.1, 0.15) is 5.69 Å². The first-order valence-corrected chi connectivity index (χ1v) is 11.9. The molecule has 1 aliphatic heterocycles. The van der Waals surface area contributed by atoms with Gasteiger partial charge in [0.15, 0.2) is 23.4 Å². The molecule has 1 atom stereocenters. The highest BCUT2D eigenvalue weighted by Crippen LogP contribution is 2.40.